The average Bonchev–Trinajstić information content (AvgIpc) is 2.31. The van der Waals surface area contributed by atoms with Crippen LogP contribution >= 0.6 is 0 Å². The minimum Gasteiger partial charge on any atom is -0.396 e. The van der Waals surface area contributed by atoms with Crippen molar-refractivity contribution in [3.05, 3.63) is 24.3 Å². The van der Waals surface area contributed by atoms with Gasteiger partial charge in [0.2, 0.25) is 0 Å². The van der Waals surface area contributed by atoms with Crippen molar-refractivity contribution in [3.8, 4) is 0 Å². The quantitative estimate of drug-likeness (QED) is 0.401. The van der Waals surface area contributed by atoms with Crippen LogP contribution in [0, 0.1) is 0 Å². The largest absolute Gasteiger partial charge is 0.396 e. The van der Waals surface area contributed by atoms with Gasteiger partial charge in [-0.3, -0.25) is 0 Å². The van der Waals surface area contributed by atoms with Crippen molar-refractivity contribution in [1.29, 1.82) is 0 Å². The molecule has 0 amide bonds. The van der Waals surface area contributed by atoms with Gasteiger partial charge in [0.05, 0.1) is 0 Å². The molecule has 0 radical (unpaired) electrons. The normalized spacial score (nSPS) is 11.9. The van der Waals surface area contributed by atoms with E-state index in [0.29, 0.717) is 6.61 Å². The molecule has 0 bridgehead atoms. The molecule has 1 N–H and O–H groups in total. The molecule has 0 heterocycles. The van der Waals surface area contributed by atoms with E-state index in [9.17, 15) is 0 Å². The third-order valence-electron chi connectivity index (χ3n) is 2.61. The third-order valence-corrected chi connectivity index (χ3v) is 2.61. The highest BCUT2D eigenvalue weighted by molar-refractivity contribution is 4.92. The van der Waals surface area contributed by atoms with Crippen LogP contribution in [0.3, 0.4) is 0 Å². The number of hydrogen-bond donors (Lipinski definition) is 1. The summed E-state index contributed by atoms with van der Waals surface area (Å²) in [5.74, 6) is 0. The van der Waals surface area contributed by atoms with Gasteiger partial charge in [0.1, 0.15) is 0 Å². The number of aliphatic hydroxyl groups is 1. The van der Waals surface area contributed by atoms with Gasteiger partial charge in [0.25, 0.3) is 0 Å². The molecule has 0 aromatic rings. The Hall–Kier alpha value is -0.560. The zero-order chi connectivity index (χ0) is 11.9. The molecular weight excluding hydrogens is 196 g/mol. The molecule has 1 heteroatoms. The second-order valence-electron chi connectivity index (χ2n) is 4.25. The summed E-state index contributed by atoms with van der Waals surface area (Å²) < 4.78 is 0. The maximum atomic E-state index is 8.60. The van der Waals surface area contributed by atoms with E-state index in [2.05, 4.69) is 31.2 Å². The van der Waals surface area contributed by atoms with Crippen LogP contribution in [0.2, 0.25) is 0 Å². The van der Waals surface area contributed by atoms with Crippen LogP contribution in [0.15, 0.2) is 24.3 Å². The number of rotatable bonds is 11. The topological polar surface area (TPSA) is 20.2 Å². The van der Waals surface area contributed by atoms with Crippen molar-refractivity contribution in [2.24, 2.45) is 0 Å². The predicted molar refractivity (Wildman–Crippen MR) is 72.6 cm³/mol. The molecule has 0 spiro atoms. The van der Waals surface area contributed by atoms with Gasteiger partial charge in [-0.25, -0.2) is 0 Å². The van der Waals surface area contributed by atoms with Crippen LogP contribution in [-0.2, 0) is 0 Å². The summed E-state index contributed by atoms with van der Waals surface area (Å²) >= 11 is 0. The zero-order valence-electron chi connectivity index (χ0n) is 10.8. The first-order valence-electron chi connectivity index (χ1n) is 6.82. The molecule has 0 saturated carbocycles. The summed E-state index contributed by atoms with van der Waals surface area (Å²) in [5.41, 5.74) is 0. The van der Waals surface area contributed by atoms with E-state index in [4.69, 9.17) is 5.11 Å². The van der Waals surface area contributed by atoms with Crippen molar-refractivity contribution in [2.45, 2.75) is 64.7 Å². The predicted octanol–water partition coefficient (Wildman–Crippen LogP) is 4.62. The van der Waals surface area contributed by atoms with E-state index < -0.39 is 0 Å². The van der Waals surface area contributed by atoms with Gasteiger partial charge >= 0.3 is 0 Å². The first-order valence-corrected chi connectivity index (χ1v) is 6.82. The molecule has 0 aromatic heterocycles. The summed E-state index contributed by atoms with van der Waals surface area (Å²) in [7, 11) is 0. The highest BCUT2D eigenvalue weighted by Crippen LogP contribution is 2.02. The minimum absolute atomic E-state index is 0.338. The molecule has 1 nitrogen and oxygen atoms in total. The number of hydrogen-bond acceptors (Lipinski definition) is 1. The summed E-state index contributed by atoms with van der Waals surface area (Å²) in [6.45, 7) is 2.58. The van der Waals surface area contributed by atoms with Crippen molar-refractivity contribution >= 4 is 0 Å². The molecule has 0 unspecified atom stereocenters. The number of allylic oxidation sites excluding steroid dienone is 4. The Morgan fingerprint density at radius 1 is 0.750 bits per heavy atom. The van der Waals surface area contributed by atoms with Gasteiger partial charge in [0, 0.05) is 6.61 Å². The van der Waals surface area contributed by atoms with Gasteiger partial charge in [-0.05, 0) is 38.5 Å². The lowest BCUT2D eigenvalue weighted by Crippen LogP contribution is -1.81. The van der Waals surface area contributed by atoms with Crippen molar-refractivity contribution in [3.63, 3.8) is 0 Å². The fraction of sp³-hybridized carbons (Fsp3) is 0.733. The molecule has 0 aliphatic carbocycles. The van der Waals surface area contributed by atoms with E-state index in [1.54, 1.807) is 0 Å². The van der Waals surface area contributed by atoms with E-state index in [-0.39, 0.29) is 0 Å². The molecule has 0 aliphatic rings. The molecule has 94 valence electrons. The smallest absolute Gasteiger partial charge is 0.0431 e. The van der Waals surface area contributed by atoms with Gasteiger partial charge in [-0.15, -0.1) is 0 Å². The lowest BCUT2D eigenvalue weighted by Gasteiger charge is -1.93. The average molecular weight is 224 g/mol. The molecule has 0 fully saturated rings. The Bertz CT molecular complexity index is 170. The molecule has 16 heavy (non-hydrogen) atoms. The maximum Gasteiger partial charge on any atom is 0.0431 e. The van der Waals surface area contributed by atoms with Crippen molar-refractivity contribution in [1.82, 2.24) is 0 Å². The van der Waals surface area contributed by atoms with E-state index in [1.165, 1.54) is 32.1 Å². The van der Waals surface area contributed by atoms with E-state index in [0.717, 1.165) is 25.7 Å². The number of unbranched alkanes of at least 4 members (excludes halogenated alkanes) is 6. The van der Waals surface area contributed by atoms with E-state index in [1.807, 2.05) is 0 Å². The van der Waals surface area contributed by atoms with Crippen LogP contribution in [0.4, 0.5) is 0 Å². The fourth-order valence-electron chi connectivity index (χ4n) is 1.57. The first-order chi connectivity index (χ1) is 7.91. The van der Waals surface area contributed by atoms with Crippen molar-refractivity contribution < 1.29 is 5.11 Å². The highest BCUT2D eigenvalue weighted by atomic mass is 16.2. The fourth-order valence-corrected chi connectivity index (χ4v) is 1.57. The van der Waals surface area contributed by atoms with Crippen LogP contribution in [-0.4, -0.2) is 11.7 Å². The Labute approximate surface area is 101 Å². The Morgan fingerprint density at radius 2 is 1.38 bits per heavy atom. The lowest BCUT2D eigenvalue weighted by atomic mass is 10.1. The van der Waals surface area contributed by atoms with Gasteiger partial charge in [0.15, 0.2) is 0 Å². The highest BCUT2D eigenvalue weighted by Gasteiger charge is 1.84. The van der Waals surface area contributed by atoms with Crippen LogP contribution in [0.5, 0.6) is 0 Å². The molecule has 0 saturated heterocycles. The minimum atomic E-state index is 0.338. The monoisotopic (exact) mass is 224 g/mol. The Kier molecular flexibility index (Phi) is 13.9. The van der Waals surface area contributed by atoms with Gasteiger partial charge in [-0.2, -0.15) is 0 Å². The number of aliphatic hydroxyl groups excluding tert-OH is 1. The Balaban J connectivity index is 3.14. The van der Waals surface area contributed by atoms with Crippen LogP contribution < -0.4 is 0 Å². The molecule has 0 aliphatic heterocycles. The molecule has 0 atom stereocenters. The summed E-state index contributed by atoms with van der Waals surface area (Å²) in [6, 6.07) is 0. The summed E-state index contributed by atoms with van der Waals surface area (Å²) in [6.07, 6.45) is 19.8. The molecule has 0 aromatic carbocycles. The second kappa shape index (κ2) is 14.4. The zero-order valence-corrected chi connectivity index (χ0v) is 10.8. The SMILES string of the molecule is CCCCC/C=C\C/C=C\CCCCCO. The van der Waals surface area contributed by atoms with Crippen molar-refractivity contribution in [2.75, 3.05) is 6.61 Å². The second-order valence-corrected chi connectivity index (χ2v) is 4.25. The first kappa shape index (κ1) is 15.4. The standard InChI is InChI=1S/C15H28O/c1-2-3-4-5-6-7-8-9-10-11-12-13-14-15-16/h6-7,9-10,16H,2-5,8,11-15H2,1H3/b7-6-,10-9-. The van der Waals surface area contributed by atoms with Gasteiger partial charge < -0.3 is 5.11 Å². The van der Waals surface area contributed by atoms with Gasteiger partial charge in [-0.1, -0.05) is 50.5 Å². The van der Waals surface area contributed by atoms with Crippen LogP contribution in [0.25, 0.3) is 0 Å². The lowest BCUT2D eigenvalue weighted by molar-refractivity contribution is 0.283. The molecule has 0 rings (SSSR count). The molecular formula is C15H28O. The van der Waals surface area contributed by atoms with Crippen LogP contribution in [0.1, 0.15) is 64.7 Å². The summed E-state index contributed by atoms with van der Waals surface area (Å²) in [5, 5.41) is 8.60. The third kappa shape index (κ3) is 13.4. The van der Waals surface area contributed by atoms with E-state index >= 15 is 0 Å². The maximum absolute atomic E-state index is 8.60. The Morgan fingerprint density at radius 3 is 1.94 bits per heavy atom. The summed E-state index contributed by atoms with van der Waals surface area (Å²) in [4.78, 5) is 0.